The Kier molecular flexibility index (Phi) is 3.39. The minimum absolute atomic E-state index is 0.0245. The maximum atomic E-state index is 13.1. The van der Waals surface area contributed by atoms with Crippen LogP contribution < -0.4 is 5.73 Å². The topological polar surface area (TPSA) is 46.2 Å². The van der Waals surface area contributed by atoms with Gasteiger partial charge in [-0.15, -0.1) is 0 Å². The van der Waals surface area contributed by atoms with Crippen LogP contribution in [0.1, 0.15) is 23.6 Å². The molecule has 0 saturated heterocycles. The molecule has 3 heteroatoms. The molecule has 13 heavy (non-hydrogen) atoms. The van der Waals surface area contributed by atoms with Gasteiger partial charge in [-0.1, -0.05) is 12.1 Å². The predicted molar refractivity (Wildman–Crippen MR) is 49.8 cm³/mol. The molecule has 1 rings (SSSR count). The molecular formula is C10H14FNO. The minimum atomic E-state index is -0.278. The standard InChI is InChI=1S/C10H14FNO/c1-7-2-3-8(6-9(7)11)10(12)4-5-13/h2-3,6,10,13H,4-5,12H2,1H3. The van der Waals surface area contributed by atoms with Crippen LogP contribution in [0.2, 0.25) is 0 Å². The normalized spacial score (nSPS) is 12.9. The van der Waals surface area contributed by atoms with Gasteiger partial charge in [0.25, 0.3) is 0 Å². The number of halogens is 1. The fourth-order valence-corrected chi connectivity index (χ4v) is 1.15. The van der Waals surface area contributed by atoms with Gasteiger partial charge in [0.15, 0.2) is 0 Å². The Morgan fingerprint density at radius 2 is 2.23 bits per heavy atom. The molecule has 1 unspecified atom stereocenters. The van der Waals surface area contributed by atoms with Gasteiger partial charge in [-0.3, -0.25) is 0 Å². The van der Waals surface area contributed by atoms with Gasteiger partial charge < -0.3 is 10.8 Å². The zero-order chi connectivity index (χ0) is 9.84. The van der Waals surface area contributed by atoms with E-state index in [0.717, 1.165) is 5.56 Å². The Bertz CT molecular complexity index is 288. The molecule has 0 radical (unpaired) electrons. The van der Waals surface area contributed by atoms with E-state index in [9.17, 15) is 4.39 Å². The summed E-state index contributed by atoms with van der Waals surface area (Å²) in [5, 5.41) is 8.65. The van der Waals surface area contributed by atoms with Gasteiger partial charge in [-0.2, -0.15) is 0 Å². The van der Waals surface area contributed by atoms with E-state index >= 15 is 0 Å². The van der Waals surface area contributed by atoms with Gasteiger partial charge in [0, 0.05) is 12.6 Å². The highest BCUT2D eigenvalue weighted by molar-refractivity contribution is 5.25. The van der Waals surface area contributed by atoms with Crippen molar-refractivity contribution in [3.05, 3.63) is 35.1 Å². The van der Waals surface area contributed by atoms with Gasteiger partial charge in [0.1, 0.15) is 5.82 Å². The van der Waals surface area contributed by atoms with E-state index in [4.69, 9.17) is 10.8 Å². The number of hydrogen-bond acceptors (Lipinski definition) is 2. The third-order valence-electron chi connectivity index (χ3n) is 2.06. The largest absolute Gasteiger partial charge is 0.396 e. The number of aliphatic hydroxyl groups excluding tert-OH is 1. The van der Waals surface area contributed by atoms with Gasteiger partial charge in [0.05, 0.1) is 0 Å². The second kappa shape index (κ2) is 4.35. The van der Waals surface area contributed by atoms with Crippen molar-refractivity contribution in [2.45, 2.75) is 19.4 Å². The molecule has 1 atom stereocenters. The van der Waals surface area contributed by atoms with Crippen LogP contribution >= 0.6 is 0 Å². The zero-order valence-electron chi connectivity index (χ0n) is 7.63. The van der Waals surface area contributed by atoms with E-state index in [0.29, 0.717) is 12.0 Å². The van der Waals surface area contributed by atoms with E-state index < -0.39 is 0 Å². The molecule has 0 fully saturated rings. The lowest BCUT2D eigenvalue weighted by Gasteiger charge is -2.10. The van der Waals surface area contributed by atoms with Gasteiger partial charge in [-0.25, -0.2) is 4.39 Å². The fraction of sp³-hybridized carbons (Fsp3) is 0.400. The maximum Gasteiger partial charge on any atom is 0.126 e. The summed E-state index contributed by atoms with van der Waals surface area (Å²) in [7, 11) is 0. The van der Waals surface area contributed by atoms with Crippen LogP contribution in [0.4, 0.5) is 4.39 Å². The Morgan fingerprint density at radius 3 is 2.77 bits per heavy atom. The molecule has 0 aliphatic rings. The molecule has 0 aromatic heterocycles. The van der Waals surface area contributed by atoms with Crippen LogP contribution in [0.5, 0.6) is 0 Å². The number of aliphatic hydroxyl groups is 1. The maximum absolute atomic E-state index is 13.1. The van der Waals surface area contributed by atoms with Crippen LogP contribution in [-0.2, 0) is 0 Å². The van der Waals surface area contributed by atoms with Crippen molar-refractivity contribution in [3.8, 4) is 0 Å². The molecule has 0 amide bonds. The van der Waals surface area contributed by atoms with Gasteiger partial charge in [0.2, 0.25) is 0 Å². The van der Waals surface area contributed by atoms with Crippen molar-refractivity contribution in [2.75, 3.05) is 6.61 Å². The van der Waals surface area contributed by atoms with Crippen LogP contribution in [-0.4, -0.2) is 11.7 Å². The van der Waals surface area contributed by atoms with E-state index in [1.165, 1.54) is 6.07 Å². The number of nitrogens with two attached hydrogens (primary N) is 1. The molecule has 0 aliphatic heterocycles. The average Bonchev–Trinajstić information content (AvgIpc) is 2.10. The molecule has 1 aromatic carbocycles. The minimum Gasteiger partial charge on any atom is -0.396 e. The quantitative estimate of drug-likeness (QED) is 0.746. The highest BCUT2D eigenvalue weighted by Gasteiger charge is 2.06. The molecule has 0 aliphatic carbocycles. The molecule has 0 bridgehead atoms. The molecule has 0 heterocycles. The zero-order valence-corrected chi connectivity index (χ0v) is 7.63. The average molecular weight is 183 g/mol. The van der Waals surface area contributed by atoms with Crippen LogP contribution in [0.3, 0.4) is 0 Å². The molecule has 2 nitrogen and oxygen atoms in total. The molecule has 1 aromatic rings. The monoisotopic (exact) mass is 183 g/mol. The summed E-state index contributed by atoms with van der Waals surface area (Å²) in [6.45, 7) is 1.73. The van der Waals surface area contributed by atoms with Gasteiger partial charge in [-0.05, 0) is 30.5 Å². The fourth-order valence-electron chi connectivity index (χ4n) is 1.15. The van der Waals surface area contributed by atoms with Crippen molar-refractivity contribution in [3.63, 3.8) is 0 Å². The molecular weight excluding hydrogens is 169 g/mol. The number of benzene rings is 1. The summed E-state index contributed by atoms with van der Waals surface area (Å²) >= 11 is 0. The first-order valence-electron chi connectivity index (χ1n) is 4.27. The van der Waals surface area contributed by atoms with Crippen molar-refractivity contribution in [2.24, 2.45) is 5.73 Å². The van der Waals surface area contributed by atoms with Crippen molar-refractivity contribution in [1.82, 2.24) is 0 Å². The Morgan fingerprint density at radius 1 is 1.54 bits per heavy atom. The first-order chi connectivity index (χ1) is 6.15. The SMILES string of the molecule is Cc1ccc(C(N)CCO)cc1F. The Balaban J connectivity index is 2.84. The number of hydrogen-bond donors (Lipinski definition) is 2. The van der Waals surface area contributed by atoms with E-state index in [1.54, 1.807) is 19.1 Å². The third kappa shape index (κ3) is 2.50. The Labute approximate surface area is 77.2 Å². The summed E-state index contributed by atoms with van der Waals surface area (Å²) < 4.78 is 13.1. The summed E-state index contributed by atoms with van der Waals surface area (Å²) in [6.07, 6.45) is 0.461. The van der Waals surface area contributed by atoms with Gasteiger partial charge >= 0.3 is 0 Å². The van der Waals surface area contributed by atoms with Crippen molar-refractivity contribution in [1.29, 1.82) is 0 Å². The van der Waals surface area contributed by atoms with Crippen LogP contribution in [0.15, 0.2) is 18.2 Å². The molecule has 0 spiro atoms. The van der Waals surface area contributed by atoms with Crippen LogP contribution in [0.25, 0.3) is 0 Å². The summed E-state index contributed by atoms with van der Waals surface area (Å²) in [4.78, 5) is 0. The summed E-state index contributed by atoms with van der Waals surface area (Å²) in [5.41, 5.74) is 7.04. The van der Waals surface area contributed by atoms with Crippen molar-refractivity contribution >= 4 is 0 Å². The Hall–Kier alpha value is -0.930. The lowest BCUT2D eigenvalue weighted by Crippen LogP contribution is -2.12. The summed E-state index contributed by atoms with van der Waals surface area (Å²) in [5.74, 6) is -0.245. The first kappa shape index (κ1) is 10.2. The third-order valence-corrected chi connectivity index (χ3v) is 2.06. The molecule has 72 valence electrons. The number of rotatable bonds is 3. The van der Waals surface area contributed by atoms with E-state index in [1.807, 2.05) is 0 Å². The number of aryl methyl sites for hydroxylation is 1. The van der Waals surface area contributed by atoms with Crippen LogP contribution in [0, 0.1) is 12.7 Å². The van der Waals surface area contributed by atoms with E-state index in [2.05, 4.69) is 0 Å². The highest BCUT2D eigenvalue weighted by atomic mass is 19.1. The second-order valence-electron chi connectivity index (χ2n) is 3.13. The summed E-state index contributed by atoms with van der Waals surface area (Å²) in [6, 6.07) is 4.64. The smallest absolute Gasteiger partial charge is 0.126 e. The molecule has 3 N–H and O–H groups in total. The predicted octanol–water partition coefficient (Wildman–Crippen LogP) is 1.52. The highest BCUT2D eigenvalue weighted by Crippen LogP contribution is 2.16. The lowest BCUT2D eigenvalue weighted by atomic mass is 10.0. The first-order valence-corrected chi connectivity index (χ1v) is 4.27. The lowest BCUT2D eigenvalue weighted by molar-refractivity contribution is 0.276. The molecule has 0 saturated carbocycles. The second-order valence-corrected chi connectivity index (χ2v) is 3.13. The van der Waals surface area contributed by atoms with E-state index in [-0.39, 0.29) is 18.5 Å². The van der Waals surface area contributed by atoms with Crippen molar-refractivity contribution < 1.29 is 9.50 Å².